The molecule has 0 bridgehead atoms. The summed E-state index contributed by atoms with van der Waals surface area (Å²) in [5, 5.41) is 136. The van der Waals surface area contributed by atoms with Crippen molar-refractivity contribution in [3.8, 4) is 0 Å². The molecule has 3 heterocycles. The van der Waals surface area contributed by atoms with Crippen LogP contribution in [0.1, 0.15) is 233 Å². The van der Waals surface area contributed by atoms with E-state index in [1.807, 2.05) is 6.08 Å². The molecule has 3 fully saturated rings. The van der Waals surface area contributed by atoms with Crippen molar-refractivity contribution < 1.29 is 104 Å². The Labute approximate surface area is 511 Å². The number of carbonyl (C=O) groups is 3. The summed E-state index contributed by atoms with van der Waals surface area (Å²) in [6, 6.07) is -2.61. The molecule has 0 radical (unpaired) electrons. The summed E-state index contributed by atoms with van der Waals surface area (Å²) in [6.07, 6.45) is 11.2. The standard InChI is InChI=1S/C63H116N2O21/c1-4-6-8-10-12-14-16-18-19-20-21-22-23-25-26-28-30-32-34-36-45(70)44(65-50(73)37-35-33-31-29-27-24-17-15-13-11-9-7-5-2)42-81-60-55(77)54(76)57(49(41-68)83-60)84-61-56(78)59(53(75)48(40-67)82-61)86-63(62(79)80)38-46(71)51(64-43(3)69)58(85-63)52(74)47(72)39-66/h34,36,44-49,51-61,66-68,70-72,74-78H,4-33,35,37-42H2,1-3H3,(H,64,69)(H,65,73)(H,79,80)/b36-34+. The molecule has 3 aliphatic heterocycles. The van der Waals surface area contributed by atoms with Gasteiger partial charge >= 0.3 is 5.97 Å². The summed E-state index contributed by atoms with van der Waals surface area (Å²) in [5.41, 5.74) is 0. The first kappa shape index (κ1) is 77.7. The summed E-state index contributed by atoms with van der Waals surface area (Å²) in [7, 11) is 0. The monoisotopic (exact) mass is 1240 g/mol. The number of ether oxygens (including phenoxy) is 6. The van der Waals surface area contributed by atoms with Gasteiger partial charge in [-0.1, -0.05) is 206 Å². The Hall–Kier alpha value is -2.53. The maximum atomic E-state index is 13.4. The van der Waals surface area contributed by atoms with Crippen molar-refractivity contribution in [1.82, 2.24) is 10.6 Å². The molecule has 504 valence electrons. The Bertz CT molecular complexity index is 1810. The number of unbranched alkanes of at least 4 members (excludes halogenated alkanes) is 29. The first-order valence-electron chi connectivity index (χ1n) is 33.1. The number of carboxylic acid groups (broad SMARTS) is 1. The zero-order valence-corrected chi connectivity index (χ0v) is 52.2. The molecule has 18 atom stereocenters. The van der Waals surface area contributed by atoms with Gasteiger partial charge in [-0.05, 0) is 19.3 Å². The Balaban J connectivity index is 1.63. The number of rotatable bonds is 49. The van der Waals surface area contributed by atoms with Gasteiger partial charge in [-0.2, -0.15) is 0 Å². The number of carbonyl (C=O) groups excluding carboxylic acids is 2. The zero-order valence-electron chi connectivity index (χ0n) is 52.2. The highest BCUT2D eigenvalue weighted by molar-refractivity contribution is 5.77. The molecular weight excluding hydrogens is 1120 g/mol. The normalized spacial score (nSPS) is 29.4. The van der Waals surface area contributed by atoms with Gasteiger partial charge in [0.1, 0.15) is 67.1 Å². The highest BCUT2D eigenvalue weighted by Gasteiger charge is 2.60. The molecule has 3 rings (SSSR count). The third-order valence-corrected chi connectivity index (χ3v) is 17.0. The Morgan fingerprint density at radius 3 is 1.55 bits per heavy atom. The van der Waals surface area contributed by atoms with Crippen LogP contribution in [0.5, 0.6) is 0 Å². The van der Waals surface area contributed by atoms with E-state index in [2.05, 4.69) is 24.5 Å². The maximum Gasteiger partial charge on any atom is 0.364 e. The Morgan fingerprint density at radius 1 is 0.605 bits per heavy atom. The fraction of sp³-hybridized carbons (Fsp3) is 0.921. The van der Waals surface area contributed by atoms with Crippen LogP contribution in [-0.2, 0) is 42.8 Å². The van der Waals surface area contributed by atoms with Crippen LogP contribution in [0, 0.1) is 0 Å². The second-order valence-corrected chi connectivity index (χ2v) is 24.3. The largest absolute Gasteiger partial charge is 0.477 e. The molecule has 23 heteroatoms. The zero-order chi connectivity index (χ0) is 63.3. The predicted octanol–water partition coefficient (Wildman–Crippen LogP) is 4.73. The molecule has 0 aromatic heterocycles. The lowest BCUT2D eigenvalue weighted by Crippen LogP contribution is -2.70. The minimum Gasteiger partial charge on any atom is -0.477 e. The van der Waals surface area contributed by atoms with E-state index >= 15 is 0 Å². The summed E-state index contributed by atoms with van der Waals surface area (Å²) in [5.74, 6) is -6.14. The minimum absolute atomic E-state index is 0.204. The third-order valence-electron chi connectivity index (χ3n) is 17.0. The number of amides is 2. The van der Waals surface area contributed by atoms with Crippen LogP contribution in [0.25, 0.3) is 0 Å². The van der Waals surface area contributed by atoms with Gasteiger partial charge in [0.15, 0.2) is 12.6 Å². The molecule has 3 saturated heterocycles. The van der Waals surface area contributed by atoms with Gasteiger partial charge in [0.05, 0.1) is 50.7 Å². The first-order chi connectivity index (χ1) is 41.4. The SMILES string of the molecule is CCCCCCCCCCCCCCCCCCC/C=C/C(O)C(COC1OC(CO)C(OC2OC(CO)C(O)C(OC3(C(=O)O)CC(O)C(NC(C)=O)C(C(O)C(O)CO)O3)C2O)C(O)C1O)NC(=O)CCCCCCCCCCCCCCC. The molecule has 0 aromatic carbocycles. The molecule has 2 amide bonds. The summed E-state index contributed by atoms with van der Waals surface area (Å²) >= 11 is 0. The van der Waals surface area contributed by atoms with Crippen LogP contribution < -0.4 is 10.6 Å². The van der Waals surface area contributed by atoms with E-state index in [1.54, 1.807) is 6.08 Å². The second kappa shape index (κ2) is 44.9. The van der Waals surface area contributed by atoms with E-state index in [0.717, 1.165) is 51.9 Å². The van der Waals surface area contributed by atoms with Gasteiger partial charge in [0, 0.05) is 19.8 Å². The number of aliphatic carboxylic acids is 1. The third kappa shape index (κ3) is 27.9. The smallest absolute Gasteiger partial charge is 0.364 e. The van der Waals surface area contributed by atoms with Gasteiger partial charge in [-0.15, -0.1) is 0 Å². The van der Waals surface area contributed by atoms with Crippen molar-refractivity contribution >= 4 is 17.8 Å². The topological polar surface area (TPSA) is 373 Å². The lowest BCUT2D eigenvalue weighted by Gasteiger charge is -2.50. The van der Waals surface area contributed by atoms with E-state index in [4.69, 9.17) is 28.4 Å². The van der Waals surface area contributed by atoms with Gasteiger partial charge in [-0.3, -0.25) is 9.59 Å². The average Bonchev–Trinajstić information content (AvgIpc) is 2.45. The summed E-state index contributed by atoms with van der Waals surface area (Å²) in [4.78, 5) is 38.4. The van der Waals surface area contributed by atoms with E-state index in [0.29, 0.717) is 12.8 Å². The van der Waals surface area contributed by atoms with Crippen molar-refractivity contribution in [3.63, 3.8) is 0 Å². The van der Waals surface area contributed by atoms with Crippen LogP contribution >= 0.6 is 0 Å². The Kier molecular flexibility index (Phi) is 40.5. The van der Waals surface area contributed by atoms with Gasteiger partial charge in [0.25, 0.3) is 5.79 Å². The van der Waals surface area contributed by atoms with Crippen molar-refractivity contribution in [2.24, 2.45) is 0 Å². The van der Waals surface area contributed by atoms with E-state index < -0.39 is 155 Å². The number of aliphatic hydroxyl groups is 11. The van der Waals surface area contributed by atoms with E-state index in [9.17, 15) is 75.7 Å². The highest BCUT2D eigenvalue weighted by atomic mass is 16.8. The fourth-order valence-corrected chi connectivity index (χ4v) is 11.6. The maximum absolute atomic E-state index is 13.4. The molecule has 23 nitrogen and oxygen atoms in total. The molecule has 0 saturated carbocycles. The van der Waals surface area contributed by atoms with Gasteiger partial charge in [-0.25, -0.2) is 4.79 Å². The fourth-order valence-electron chi connectivity index (χ4n) is 11.6. The number of hydrogen-bond acceptors (Lipinski definition) is 20. The summed E-state index contributed by atoms with van der Waals surface area (Å²) in [6.45, 7) is 2.13. The molecule has 0 spiro atoms. The predicted molar refractivity (Wildman–Crippen MR) is 320 cm³/mol. The molecule has 0 aromatic rings. The molecule has 18 unspecified atom stereocenters. The summed E-state index contributed by atoms with van der Waals surface area (Å²) < 4.78 is 34.7. The highest BCUT2D eigenvalue weighted by Crippen LogP contribution is 2.38. The number of hydrogen-bond donors (Lipinski definition) is 14. The van der Waals surface area contributed by atoms with Gasteiger partial charge < -0.3 is 100 Å². The van der Waals surface area contributed by atoms with Crippen molar-refractivity contribution in [2.45, 2.75) is 342 Å². The van der Waals surface area contributed by atoms with E-state index in [-0.39, 0.29) is 12.3 Å². The van der Waals surface area contributed by atoms with Gasteiger partial charge in [0.2, 0.25) is 11.8 Å². The van der Waals surface area contributed by atoms with Crippen LogP contribution in [-0.4, -0.2) is 215 Å². The van der Waals surface area contributed by atoms with Crippen LogP contribution in [0.2, 0.25) is 0 Å². The lowest BCUT2D eigenvalue weighted by molar-refractivity contribution is -0.386. The van der Waals surface area contributed by atoms with Crippen LogP contribution in [0.15, 0.2) is 12.2 Å². The molecule has 14 N–H and O–H groups in total. The van der Waals surface area contributed by atoms with Crippen LogP contribution in [0.4, 0.5) is 0 Å². The average molecular weight is 1240 g/mol. The number of allylic oxidation sites excluding steroid dienone is 1. The minimum atomic E-state index is -3.08. The second-order valence-electron chi connectivity index (χ2n) is 24.3. The lowest BCUT2D eigenvalue weighted by atomic mass is 9.88. The molecule has 86 heavy (non-hydrogen) atoms. The Morgan fingerprint density at radius 2 is 1.08 bits per heavy atom. The molecule has 0 aliphatic carbocycles. The number of nitrogens with one attached hydrogen (secondary N) is 2. The number of aliphatic hydroxyl groups excluding tert-OH is 11. The van der Waals surface area contributed by atoms with Crippen molar-refractivity contribution in [2.75, 3.05) is 26.4 Å². The number of carboxylic acids is 1. The van der Waals surface area contributed by atoms with Crippen LogP contribution in [0.3, 0.4) is 0 Å². The molecule has 3 aliphatic rings. The van der Waals surface area contributed by atoms with Crippen molar-refractivity contribution in [3.05, 3.63) is 12.2 Å². The van der Waals surface area contributed by atoms with E-state index in [1.165, 1.54) is 141 Å². The van der Waals surface area contributed by atoms with Crippen molar-refractivity contribution in [1.29, 1.82) is 0 Å². The quantitative estimate of drug-likeness (QED) is 0.0289. The first-order valence-corrected chi connectivity index (χ1v) is 33.1. The molecular formula is C63H116N2O21.